The van der Waals surface area contributed by atoms with Crippen LogP contribution in [0.5, 0.6) is 0 Å². The Morgan fingerprint density at radius 2 is 2.05 bits per heavy atom. The summed E-state index contributed by atoms with van der Waals surface area (Å²) in [5.74, 6) is 0.871. The lowest BCUT2D eigenvalue weighted by atomic mass is 9.98. The number of aliphatic hydroxyl groups excluding tert-OH is 1. The van der Waals surface area contributed by atoms with Crippen LogP contribution in [-0.2, 0) is 0 Å². The number of nitrogens with zero attached hydrogens (tertiary/aromatic N) is 1. The minimum Gasteiger partial charge on any atom is -0.388 e. The molecule has 1 aromatic rings. The summed E-state index contributed by atoms with van der Waals surface area (Å²) >= 11 is 3.50. The molecule has 1 saturated heterocycles. The van der Waals surface area contributed by atoms with Gasteiger partial charge in [0.2, 0.25) is 0 Å². The number of benzene rings is 1. The van der Waals surface area contributed by atoms with Gasteiger partial charge >= 0.3 is 0 Å². The van der Waals surface area contributed by atoms with Crippen molar-refractivity contribution >= 4 is 15.9 Å². The Balaban J connectivity index is 1.83. The second-order valence-corrected chi connectivity index (χ2v) is 6.69. The molecule has 0 amide bonds. The molecular weight excluding hydrogens is 302 g/mol. The molecule has 1 unspecified atom stereocenters. The third-order valence-corrected chi connectivity index (χ3v) is 5.05. The molecule has 2 nitrogen and oxygen atoms in total. The third-order valence-electron chi connectivity index (χ3n) is 4.16. The Bertz CT molecular complexity index is 413. The van der Waals surface area contributed by atoms with E-state index in [1.54, 1.807) is 0 Å². The zero-order valence-corrected chi connectivity index (χ0v) is 13.5. The maximum atomic E-state index is 10.3. The number of likely N-dealkylation sites (tertiary alicyclic amines) is 1. The van der Waals surface area contributed by atoms with Crippen LogP contribution in [0.1, 0.15) is 43.4 Å². The summed E-state index contributed by atoms with van der Waals surface area (Å²) < 4.78 is 1.11. The summed E-state index contributed by atoms with van der Waals surface area (Å²) in [6, 6.07) is 6.11. The summed E-state index contributed by atoms with van der Waals surface area (Å²) in [6.07, 6.45) is 3.09. The molecule has 0 bridgehead atoms. The van der Waals surface area contributed by atoms with Crippen LogP contribution in [0.15, 0.2) is 22.7 Å². The van der Waals surface area contributed by atoms with E-state index in [0.29, 0.717) is 0 Å². The number of halogens is 1. The van der Waals surface area contributed by atoms with Gasteiger partial charge in [0.15, 0.2) is 0 Å². The highest BCUT2D eigenvalue weighted by molar-refractivity contribution is 9.10. The topological polar surface area (TPSA) is 23.5 Å². The molecule has 1 aliphatic heterocycles. The first kappa shape index (κ1) is 15.0. The van der Waals surface area contributed by atoms with E-state index >= 15 is 0 Å². The largest absolute Gasteiger partial charge is 0.388 e. The molecule has 0 aliphatic carbocycles. The summed E-state index contributed by atoms with van der Waals surface area (Å²) in [4.78, 5) is 2.48. The van der Waals surface area contributed by atoms with Crippen molar-refractivity contribution in [3.05, 3.63) is 33.8 Å². The molecular formula is C16H24BrNO. The molecule has 1 aromatic carbocycles. The van der Waals surface area contributed by atoms with Gasteiger partial charge in [-0.3, -0.25) is 0 Å². The molecule has 0 saturated carbocycles. The van der Waals surface area contributed by atoms with Crippen molar-refractivity contribution in [1.29, 1.82) is 0 Å². The van der Waals surface area contributed by atoms with Crippen LogP contribution in [0.4, 0.5) is 0 Å². The molecule has 3 heteroatoms. The Kier molecular flexibility index (Phi) is 5.43. The molecule has 106 valence electrons. The fraction of sp³-hybridized carbons (Fsp3) is 0.625. The highest BCUT2D eigenvalue weighted by Crippen LogP contribution is 2.24. The lowest BCUT2D eigenvalue weighted by Crippen LogP contribution is -2.34. The van der Waals surface area contributed by atoms with Crippen LogP contribution in [0.3, 0.4) is 0 Å². The third kappa shape index (κ3) is 4.30. The molecule has 1 N–H and O–H groups in total. The van der Waals surface area contributed by atoms with E-state index in [2.05, 4.69) is 40.7 Å². The SMILES string of the molecule is Cc1cc(C(O)CCN2CCC(C)CC2)ccc1Br. The molecule has 0 radical (unpaired) electrons. The van der Waals surface area contributed by atoms with Crippen LogP contribution in [0.25, 0.3) is 0 Å². The van der Waals surface area contributed by atoms with E-state index < -0.39 is 0 Å². The first-order chi connectivity index (χ1) is 9.06. The number of aliphatic hydroxyl groups is 1. The van der Waals surface area contributed by atoms with Gasteiger partial charge in [0.1, 0.15) is 0 Å². The second kappa shape index (κ2) is 6.87. The highest BCUT2D eigenvalue weighted by Gasteiger charge is 2.17. The number of hydrogen-bond donors (Lipinski definition) is 1. The Hall–Kier alpha value is -0.380. The summed E-state index contributed by atoms with van der Waals surface area (Å²) in [6.45, 7) is 7.77. The highest BCUT2D eigenvalue weighted by atomic mass is 79.9. The van der Waals surface area contributed by atoms with E-state index in [9.17, 15) is 5.11 Å². The van der Waals surface area contributed by atoms with Crippen molar-refractivity contribution in [3.8, 4) is 0 Å². The van der Waals surface area contributed by atoms with Crippen molar-refractivity contribution in [2.45, 2.75) is 39.2 Å². The fourth-order valence-electron chi connectivity index (χ4n) is 2.63. The predicted molar refractivity (Wildman–Crippen MR) is 83.3 cm³/mol. The minimum atomic E-state index is -0.342. The molecule has 0 spiro atoms. The van der Waals surface area contributed by atoms with E-state index in [0.717, 1.165) is 28.9 Å². The normalized spacial score (nSPS) is 19.6. The van der Waals surface area contributed by atoms with Crippen LogP contribution < -0.4 is 0 Å². The average Bonchev–Trinajstić information content (AvgIpc) is 2.41. The van der Waals surface area contributed by atoms with Crippen molar-refractivity contribution in [3.63, 3.8) is 0 Å². The van der Waals surface area contributed by atoms with Gasteiger partial charge in [0, 0.05) is 11.0 Å². The standard InChI is InChI=1S/C16H24BrNO/c1-12-5-8-18(9-6-12)10-7-16(19)14-3-4-15(17)13(2)11-14/h3-4,11-12,16,19H,5-10H2,1-2H3. The van der Waals surface area contributed by atoms with E-state index in [1.165, 1.54) is 31.5 Å². The number of hydrogen-bond acceptors (Lipinski definition) is 2. The summed E-state index contributed by atoms with van der Waals surface area (Å²) in [5.41, 5.74) is 2.22. The smallest absolute Gasteiger partial charge is 0.0802 e. The summed E-state index contributed by atoms with van der Waals surface area (Å²) in [7, 11) is 0. The molecule has 1 fully saturated rings. The van der Waals surface area contributed by atoms with Crippen molar-refractivity contribution in [2.24, 2.45) is 5.92 Å². The maximum Gasteiger partial charge on any atom is 0.0802 e. The number of rotatable bonds is 4. The first-order valence-corrected chi connectivity index (χ1v) is 8.02. The van der Waals surface area contributed by atoms with Crippen molar-refractivity contribution < 1.29 is 5.11 Å². The first-order valence-electron chi connectivity index (χ1n) is 7.22. The molecule has 2 rings (SSSR count). The van der Waals surface area contributed by atoms with Crippen molar-refractivity contribution in [1.82, 2.24) is 4.90 Å². The zero-order chi connectivity index (χ0) is 13.8. The van der Waals surface area contributed by atoms with E-state index in [4.69, 9.17) is 0 Å². The number of piperidine rings is 1. The van der Waals surface area contributed by atoms with Crippen LogP contribution in [0, 0.1) is 12.8 Å². The molecule has 1 atom stereocenters. The van der Waals surface area contributed by atoms with Gasteiger partial charge in [0.25, 0.3) is 0 Å². The Morgan fingerprint density at radius 1 is 1.37 bits per heavy atom. The quantitative estimate of drug-likeness (QED) is 0.907. The lowest BCUT2D eigenvalue weighted by molar-refractivity contribution is 0.125. The fourth-order valence-corrected chi connectivity index (χ4v) is 2.88. The van der Waals surface area contributed by atoms with E-state index in [1.807, 2.05) is 12.1 Å². The van der Waals surface area contributed by atoms with E-state index in [-0.39, 0.29) is 6.10 Å². The zero-order valence-electron chi connectivity index (χ0n) is 11.9. The van der Waals surface area contributed by atoms with Gasteiger partial charge < -0.3 is 10.0 Å². The predicted octanol–water partition coefficient (Wildman–Crippen LogP) is 3.91. The molecule has 1 heterocycles. The Morgan fingerprint density at radius 3 is 2.68 bits per heavy atom. The van der Waals surface area contributed by atoms with Crippen LogP contribution in [0.2, 0.25) is 0 Å². The lowest BCUT2D eigenvalue weighted by Gasteiger charge is -2.30. The minimum absolute atomic E-state index is 0.342. The Labute approximate surface area is 124 Å². The molecule has 19 heavy (non-hydrogen) atoms. The van der Waals surface area contributed by atoms with Gasteiger partial charge in [-0.2, -0.15) is 0 Å². The van der Waals surface area contributed by atoms with Crippen LogP contribution in [-0.4, -0.2) is 29.6 Å². The van der Waals surface area contributed by atoms with Gasteiger partial charge in [0.05, 0.1) is 6.10 Å². The molecule has 0 aromatic heterocycles. The summed E-state index contributed by atoms with van der Waals surface area (Å²) in [5, 5.41) is 10.3. The maximum absolute atomic E-state index is 10.3. The van der Waals surface area contributed by atoms with Gasteiger partial charge in [-0.1, -0.05) is 35.0 Å². The second-order valence-electron chi connectivity index (χ2n) is 5.84. The van der Waals surface area contributed by atoms with Crippen LogP contribution >= 0.6 is 15.9 Å². The number of aryl methyl sites for hydroxylation is 1. The van der Waals surface area contributed by atoms with Gasteiger partial charge in [-0.25, -0.2) is 0 Å². The van der Waals surface area contributed by atoms with Gasteiger partial charge in [-0.05, 0) is 62.4 Å². The average molecular weight is 326 g/mol. The molecule has 1 aliphatic rings. The van der Waals surface area contributed by atoms with Crippen molar-refractivity contribution in [2.75, 3.05) is 19.6 Å². The monoisotopic (exact) mass is 325 g/mol. The van der Waals surface area contributed by atoms with Gasteiger partial charge in [-0.15, -0.1) is 0 Å².